The number of ether oxygens (including phenoxy) is 2. The Morgan fingerprint density at radius 3 is 2.00 bits per heavy atom. The Labute approximate surface area is 55.1 Å². The minimum absolute atomic E-state index is 0.211. The van der Waals surface area contributed by atoms with E-state index in [0.717, 1.165) is 0 Å². The van der Waals surface area contributed by atoms with Gasteiger partial charge >= 0.3 is 0 Å². The van der Waals surface area contributed by atoms with Gasteiger partial charge in [-0.1, -0.05) is 0 Å². The standard InChI is InChI=1S/C6H13NO2/c1-6(2,7)5-8-3-4-9-5/h5H,3-4,7H2,1-2H3. The summed E-state index contributed by atoms with van der Waals surface area (Å²) in [6.45, 7) is 5.13. The van der Waals surface area contributed by atoms with Crippen molar-refractivity contribution in [2.75, 3.05) is 13.2 Å². The predicted octanol–water partition coefficient (Wildman–Crippen LogP) is 0.0966. The molecule has 1 saturated heterocycles. The van der Waals surface area contributed by atoms with Gasteiger partial charge in [-0.2, -0.15) is 0 Å². The van der Waals surface area contributed by atoms with Crippen LogP contribution in [0.4, 0.5) is 0 Å². The van der Waals surface area contributed by atoms with Crippen molar-refractivity contribution in [3.8, 4) is 0 Å². The first-order chi connectivity index (χ1) is 4.11. The van der Waals surface area contributed by atoms with Crippen LogP contribution in [0.1, 0.15) is 13.8 Å². The summed E-state index contributed by atoms with van der Waals surface area (Å²) in [5.41, 5.74) is 5.33. The van der Waals surface area contributed by atoms with Crippen LogP contribution in [-0.4, -0.2) is 25.0 Å². The zero-order valence-electron chi connectivity index (χ0n) is 5.89. The van der Waals surface area contributed by atoms with Gasteiger partial charge in [0.05, 0.1) is 18.8 Å². The van der Waals surface area contributed by atoms with Crippen LogP contribution in [0.5, 0.6) is 0 Å². The smallest absolute Gasteiger partial charge is 0.175 e. The second-order valence-electron chi connectivity index (χ2n) is 2.89. The van der Waals surface area contributed by atoms with Crippen molar-refractivity contribution < 1.29 is 9.47 Å². The molecule has 0 aromatic carbocycles. The molecule has 1 aliphatic heterocycles. The molecule has 1 fully saturated rings. The van der Waals surface area contributed by atoms with Crippen molar-refractivity contribution in [3.63, 3.8) is 0 Å². The van der Waals surface area contributed by atoms with E-state index < -0.39 is 0 Å². The SMILES string of the molecule is CC(C)(N)C1OCCO1. The summed E-state index contributed by atoms with van der Waals surface area (Å²) in [6, 6.07) is 0. The summed E-state index contributed by atoms with van der Waals surface area (Å²) in [5.74, 6) is 0. The molecule has 1 rings (SSSR count). The first-order valence-corrected chi connectivity index (χ1v) is 3.13. The van der Waals surface area contributed by atoms with E-state index in [-0.39, 0.29) is 11.8 Å². The van der Waals surface area contributed by atoms with Crippen LogP contribution in [0.15, 0.2) is 0 Å². The van der Waals surface area contributed by atoms with Crippen molar-refractivity contribution >= 4 is 0 Å². The number of hydrogen-bond acceptors (Lipinski definition) is 3. The Morgan fingerprint density at radius 2 is 1.78 bits per heavy atom. The van der Waals surface area contributed by atoms with Gasteiger partial charge in [-0.25, -0.2) is 0 Å². The molecule has 9 heavy (non-hydrogen) atoms. The predicted molar refractivity (Wildman–Crippen MR) is 34.0 cm³/mol. The third-order valence-corrected chi connectivity index (χ3v) is 1.23. The van der Waals surface area contributed by atoms with Crippen LogP contribution in [-0.2, 0) is 9.47 Å². The fraction of sp³-hybridized carbons (Fsp3) is 1.00. The summed E-state index contributed by atoms with van der Waals surface area (Å²) < 4.78 is 10.3. The molecule has 3 nitrogen and oxygen atoms in total. The van der Waals surface area contributed by atoms with Crippen molar-refractivity contribution in [3.05, 3.63) is 0 Å². The molecule has 0 spiro atoms. The molecule has 1 aliphatic rings. The number of rotatable bonds is 1. The molecule has 0 aliphatic carbocycles. The quantitative estimate of drug-likeness (QED) is 0.548. The minimum Gasteiger partial charge on any atom is -0.348 e. The van der Waals surface area contributed by atoms with E-state index in [1.807, 2.05) is 13.8 Å². The summed E-state index contributed by atoms with van der Waals surface area (Å²) >= 11 is 0. The van der Waals surface area contributed by atoms with E-state index in [1.165, 1.54) is 0 Å². The molecular formula is C6H13NO2. The van der Waals surface area contributed by atoms with Crippen LogP contribution >= 0.6 is 0 Å². The van der Waals surface area contributed by atoms with Crippen molar-refractivity contribution in [1.82, 2.24) is 0 Å². The average Bonchev–Trinajstić information content (AvgIpc) is 2.08. The molecule has 0 unspecified atom stereocenters. The maximum absolute atomic E-state index is 5.69. The first-order valence-electron chi connectivity index (χ1n) is 3.13. The van der Waals surface area contributed by atoms with Gasteiger partial charge in [0.25, 0.3) is 0 Å². The van der Waals surface area contributed by atoms with Crippen LogP contribution in [0, 0.1) is 0 Å². The summed E-state index contributed by atoms with van der Waals surface area (Å²) in [5, 5.41) is 0. The molecule has 0 amide bonds. The zero-order chi connectivity index (χ0) is 6.91. The lowest BCUT2D eigenvalue weighted by molar-refractivity contribution is -0.0845. The zero-order valence-corrected chi connectivity index (χ0v) is 5.89. The van der Waals surface area contributed by atoms with E-state index in [9.17, 15) is 0 Å². The Bertz CT molecular complexity index is 91.7. The average molecular weight is 131 g/mol. The van der Waals surface area contributed by atoms with Gasteiger partial charge < -0.3 is 15.2 Å². The van der Waals surface area contributed by atoms with Gasteiger partial charge in [0.2, 0.25) is 0 Å². The topological polar surface area (TPSA) is 44.5 Å². The molecule has 0 bridgehead atoms. The maximum atomic E-state index is 5.69. The molecule has 54 valence electrons. The summed E-state index contributed by atoms with van der Waals surface area (Å²) in [7, 11) is 0. The lowest BCUT2D eigenvalue weighted by atomic mass is 10.1. The van der Waals surface area contributed by atoms with Crippen LogP contribution in [0.25, 0.3) is 0 Å². The van der Waals surface area contributed by atoms with Gasteiger partial charge in [0.1, 0.15) is 0 Å². The third kappa shape index (κ3) is 1.64. The monoisotopic (exact) mass is 131 g/mol. The molecule has 3 heteroatoms. The lowest BCUT2D eigenvalue weighted by Crippen LogP contribution is -2.45. The Morgan fingerprint density at radius 1 is 1.33 bits per heavy atom. The van der Waals surface area contributed by atoms with Gasteiger partial charge in [-0.15, -0.1) is 0 Å². The van der Waals surface area contributed by atoms with E-state index in [1.54, 1.807) is 0 Å². The lowest BCUT2D eigenvalue weighted by Gasteiger charge is -2.24. The molecule has 0 aromatic rings. The largest absolute Gasteiger partial charge is 0.348 e. The number of nitrogens with two attached hydrogens (primary N) is 1. The summed E-state index contributed by atoms with van der Waals surface area (Å²) in [6.07, 6.45) is -0.211. The molecular weight excluding hydrogens is 118 g/mol. The molecule has 0 atom stereocenters. The Hall–Kier alpha value is -0.120. The van der Waals surface area contributed by atoms with E-state index in [0.29, 0.717) is 13.2 Å². The van der Waals surface area contributed by atoms with E-state index >= 15 is 0 Å². The van der Waals surface area contributed by atoms with Crippen molar-refractivity contribution in [1.29, 1.82) is 0 Å². The Kier molecular flexibility index (Phi) is 1.75. The highest BCUT2D eigenvalue weighted by molar-refractivity contribution is 4.78. The molecule has 1 heterocycles. The highest BCUT2D eigenvalue weighted by Gasteiger charge is 2.29. The highest BCUT2D eigenvalue weighted by Crippen LogP contribution is 2.14. The van der Waals surface area contributed by atoms with Crippen LogP contribution < -0.4 is 5.73 Å². The molecule has 2 N–H and O–H groups in total. The first kappa shape index (κ1) is 6.99. The van der Waals surface area contributed by atoms with E-state index in [4.69, 9.17) is 15.2 Å². The second-order valence-corrected chi connectivity index (χ2v) is 2.89. The maximum Gasteiger partial charge on any atom is 0.175 e. The molecule has 0 aromatic heterocycles. The van der Waals surface area contributed by atoms with Gasteiger partial charge in [0.15, 0.2) is 6.29 Å². The van der Waals surface area contributed by atoms with Crippen molar-refractivity contribution in [2.45, 2.75) is 25.7 Å². The van der Waals surface area contributed by atoms with Crippen molar-refractivity contribution in [2.24, 2.45) is 5.73 Å². The van der Waals surface area contributed by atoms with Crippen LogP contribution in [0.3, 0.4) is 0 Å². The van der Waals surface area contributed by atoms with Crippen LogP contribution in [0.2, 0.25) is 0 Å². The molecule has 0 saturated carbocycles. The summed E-state index contributed by atoms with van der Waals surface area (Å²) in [4.78, 5) is 0. The Balaban J connectivity index is 2.42. The fourth-order valence-electron chi connectivity index (χ4n) is 0.788. The fourth-order valence-corrected chi connectivity index (χ4v) is 0.788. The van der Waals surface area contributed by atoms with Gasteiger partial charge in [-0.05, 0) is 13.8 Å². The normalized spacial score (nSPS) is 23.0. The van der Waals surface area contributed by atoms with Gasteiger partial charge in [-0.3, -0.25) is 0 Å². The van der Waals surface area contributed by atoms with E-state index in [2.05, 4.69) is 0 Å². The van der Waals surface area contributed by atoms with Gasteiger partial charge in [0, 0.05) is 0 Å². The third-order valence-electron chi connectivity index (χ3n) is 1.23. The number of hydrogen-bond donors (Lipinski definition) is 1. The minimum atomic E-state index is -0.365. The highest BCUT2D eigenvalue weighted by atomic mass is 16.7. The second kappa shape index (κ2) is 2.25. The molecule has 0 radical (unpaired) electrons.